The van der Waals surface area contributed by atoms with Crippen molar-refractivity contribution < 1.29 is 23.4 Å². The summed E-state index contributed by atoms with van der Waals surface area (Å²) in [6, 6.07) is 5.52. The number of hydrogen-bond acceptors (Lipinski definition) is 5. The summed E-state index contributed by atoms with van der Waals surface area (Å²) in [5, 5.41) is 0. The number of benzene rings is 1. The smallest absolute Gasteiger partial charge is 0.410 e. The van der Waals surface area contributed by atoms with Crippen LogP contribution in [0.4, 0.5) is 10.5 Å². The molecule has 0 bridgehead atoms. The standard InChI is InChI=1S/C21H30N2O5S/c1-20(2,3)28-19(25)22-9-7-21(8-10-22)13-18(24)23(14-21)16-4-5-17-15(12-16)6-11-29(17,26)27/h4-5,12,26-27H,6-11,13-14H2,1-3H3. The van der Waals surface area contributed by atoms with E-state index in [2.05, 4.69) is 0 Å². The molecule has 1 aromatic carbocycles. The number of fused-ring (bicyclic) bond motifs is 1. The topological polar surface area (TPSA) is 90.3 Å². The van der Waals surface area contributed by atoms with Crippen molar-refractivity contribution in [2.24, 2.45) is 5.41 Å². The predicted molar refractivity (Wildman–Crippen MR) is 113 cm³/mol. The van der Waals surface area contributed by atoms with Crippen LogP contribution in [-0.2, 0) is 16.0 Å². The van der Waals surface area contributed by atoms with E-state index in [1.165, 1.54) is 0 Å². The monoisotopic (exact) mass is 422 g/mol. The number of rotatable bonds is 1. The zero-order chi connectivity index (χ0) is 21.0. The molecule has 1 aromatic rings. The summed E-state index contributed by atoms with van der Waals surface area (Å²) in [7, 11) is -2.67. The van der Waals surface area contributed by atoms with E-state index in [0.717, 1.165) is 24.1 Å². The van der Waals surface area contributed by atoms with Gasteiger partial charge in [-0.15, -0.1) is 0 Å². The van der Waals surface area contributed by atoms with E-state index >= 15 is 0 Å². The second kappa shape index (κ2) is 6.89. The highest BCUT2D eigenvalue weighted by Crippen LogP contribution is 2.55. The number of carbonyl (C=O) groups is 2. The first-order valence-electron chi connectivity index (χ1n) is 10.2. The van der Waals surface area contributed by atoms with Gasteiger partial charge in [-0.2, -0.15) is 10.6 Å². The van der Waals surface area contributed by atoms with Gasteiger partial charge in [-0.05, 0) is 63.8 Å². The summed E-state index contributed by atoms with van der Waals surface area (Å²) in [5.74, 6) is 0.463. The van der Waals surface area contributed by atoms with Gasteiger partial charge in [0.15, 0.2) is 0 Å². The molecule has 8 heteroatoms. The average Bonchev–Trinajstić information content (AvgIpc) is 3.10. The van der Waals surface area contributed by atoms with Gasteiger partial charge in [0.2, 0.25) is 5.91 Å². The highest BCUT2D eigenvalue weighted by atomic mass is 32.3. The van der Waals surface area contributed by atoms with Crippen LogP contribution < -0.4 is 4.90 Å². The number of amides is 2. The lowest BCUT2D eigenvalue weighted by Gasteiger charge is -2.39. The molecule has 160 valence electrons. The fourth-order valence-electron chi connectivity index (χ4n) is 4.57. The van der Waals surface area contributed by atoms with E-state index < -0.39 is 16.2 Å². The van der Waals surface area contributed by atoms with Gasteiger partial charge in [0.25, 0.3) is 0 Å². The number of nitrogens with zero attached hydrogens (tertiary/aromatic N) is 2. The van der Waals surface area contributed by atoms with Crippen molar-refractivity contribution in [2.75, 3.05) is 30.3 Å². The van der Waals surface area contributed by atoms with E-state index in [4.69, 9.17) is 4.74 Å². The summed E-state index contributed by atoms with van der Waals surface area (Å²) in [6.07, 6.45) is 2.39. The Labute approximate surface area is 173 Å². The van der Waals surface area contributed by atoms with E-state index in [0.29, 0.717) is 43.1 Å². The molecule has 29 heavy (non-hydrogen) atoms. The van der Waals surface area contributed by atoms with Gasteiger partial charge in [-0.3, -0.25) is 13.9 Å². The van der Waals surface area contributed by atoms with Crippen LogP contribution in [0.25, 0.3) is 0 Å². The van der Waals surface area contributed by atoms with Gasteiger partial charge < -0.3 is 14.5 Å². The second-order valence-corrected chi connectivity index (χ2v) is 11.7. The van der Waals surface area contributed by atoms with Crippen molar-refractivity contribution in [1.82, 2.24) is 4.90 Å². The van der Waals surface area contributed by atoms with Crippen LogP contribution in [0, 0.1) is 5.41 Å². The number of carbonyl (C=O) groups excluding carboxylic acids is 2. The van der Waals surface area contributed by atoms with E-state index in [1.807, 2.05) is 37.8 Å². The first kappa shape index (κ1) is 20.5. The van der Waals surface area contributed by atoms with Crippen LogP contribution >= 0.6 is 10.6 Å². The van der Waals surface area contributed by atoms with Crippen LogP contribution in [0.3, 0.4) is 0 Å². The Morgan fingerprint density at radius 2 is 1.90 bits per heavy atom. The number of piperidine rings is 1. The fraction of sp³-hybridized carbons (Fsp3) is 0.619. The largest absolute Gasteiger partial charge is 0.444 e. The van der Waals surface area contributed by atoms with Gasteiger partial charge >= 0.3 is 6.09 Å². The summed E-state index contributed by atoms with van der Waals surface area (Å²) >= 11 is 0. The second-order valence-electron chi connectivity index (χ2n) is 9.54. The molecule has 0 aliphatic carbocycles. The molecule has 3 aliphatic rings. The number of aryl methyl sites for hydroxylation is 1. The van der Waals surface area contributed by atoms with Gasteiger partial charge in [0.05, 0.1) is 4.90 Å². The molecule has 0 aromatic heterocycles. The lowest BCUT2D eigenvalue weighted by Crippen LogP contribution is -2.46. The predicted octanol–water partition coefficient (Wildman–Crippen LogP) is 4.11. The minimum atomic E-state index is -2.67. The quantitative estimate of drug-likeness (QED) is 0.711. The molecule has 2 amide bonds. The molecule has 3 aliphatic heterocycles. The molecule has 0 radical (unpaired) electrons. The zero-order valence-corrected chi connectivity index (χ0v) is 18.1. The van der Waals surface area contributed by atoms with Crippen molar-refractivity contribution in [2.45, 2.75) is 57.0 Å². The maximum Gasteiger partial charge on any atom is 0.410 e. The molecular formula is C21H30N2O5S. The third-order valence-electron chi connectivity index (χ3n) is 6.16. The summed E-state index contributed by atoms with van der Waals surface area (Å²) in [6.45, 7) is 7.42. The Kier molecular flexibility index (Phi) is 4.87. The summed E-state index contributed by atoms with van der Waals surface area (Å²) in [5.41, 5.74) is 1.13. The molecule has 4 rings (SSSR count). The normalized spacial score (nSPS) is 24.0. The van der Waals surface area contributed by atoms with Crippen LogP contribution in [-0.4, -0.2) is 57.0 Å². The summed E-state index contributed by atoms with van der Waals surface area (Å²) < 4.78 is 25.7. The van der Waals surface area contributed by atoms with Crippen molar-refractivity contribution in [3.05, 3.63) is 23.8 Å². The number of likely N-dealkylation sites (tertiary alicyclic amines) is 1. The first-order valence-corrected chi connectivity index (χ1v) is 11.9. The van der Waals surface area contributed by atoms with Crippen LogP contribution in [0.1, 0.15) is 45.6 Å². The average molecular weight is 423 g/mol. The fourth-order valence-corrected chi connectivity index (χ4v) is 6.16. The summed E-state index contributed by atoms with van der Waals surface area (Å²) in [4.78, 5) is 29.3. The van der Waals surface area contributed by atoms with Gasteiger partial charge in [-0.25, -0.2) is 4.79 Å². The maximum atomic E-state index is 12.8. The van der Waals surface area contributed by atoms with E-state index in [1.54, 1.807) is 11.0 Å². The number of hydrogen-bond donors (Lipinski definition) is 2. The Hall–Kier alpha value is -1.77. The van der Waals surface area contributed by atoms with Crippen LogP contribution in [0.2, 0.25) is 0 Å². The van der Waals surface area contributed by atoms with Crippen molar-refractivity contribution in [3.63, 3.8) is 0 Å². The SMILES string of the molecule is CC(C)(C)OC(=O)N1CCC2(CC1)CC(=O)N(c1ccc3c(c1)CCS3(O)O)C2. The molecule has 0 saturated carbocycles. The first-order chi connectivity index (χ1) is 13.5. The Balaban J connectivity index is 1.44. The Morgan fingerprint density at radius 3 is 2.55 bits per heavy atom. The van der Waals surface area contributed by atoms with Crippen molar-refractivity contribution >= 4 is 28.3 Å². The Morgan fingerprint density at radius 1 is 1.21 bits per heavy atom. The van der Waals surface area contributed by atoms with E-state index in [9.17, 15) is 18.7 Å². The number of ether oxygens (including phenoxy) is 1. The van der Waals surface area contributed by atoms with E-state index in [-0.39, 0.29) is 17.4 Å². The third-order valence-corrected chi connectivity index (χ3v) is 8.04. The number of anilines is 1. The lowest BCUT2D eigenvalue weighted by molar-refractivity contribution is -0.118. The molecule has 0 atom stereocenters. The zero-order valence-electron chi connectivity index (χ0n) is 17.3. The maximum absolute atomic E-state index is 12.8. The van der Waals surface area contributed by atoms with Gasteiger partial charge in [-0.1, -0.05) is 0 Å². The van der Waals surface area contributed by atoms with Crippen LogP contribution in [0.15, 0.2) is 23.1 Å². The van der Waals surface area contributed by atoms with Gasteiger partial charge in [0.1, 0.15) is 5.60 Å². The third kappa shape index (κ3) is 3.98. The molecular weight excluding hydrogens is 392 g/mol. The molecule has 0 unspecified atom stereocenters. The molecule has 3 heterocycles. The minimum Gasteiger partial charge on any atom is -0.444 e. The van der Waals surface area contributed by atoms with Crippen molar-refractivity contribution in [1.29, 1.82) is 0 Å². The lowest BCUT2D eigenvalue weighted by atomic mass is 9.78. The van der Waals surface area contributed by atoms with Crippen molar-refractivity contribution in [3.8, 4) is 0 Å². The molecule has 2 saturated heterocycles. The van der Waals surface area contributed by atoms with Crippen LogP contribution in [0.5, 0.6) is 0 Å². The molecule has 2 N–H and O–H groups in total. The highest BCUT2D eigenvalue weighted by Gasteiger charge is 2.46. The molecule has 7 nitrogen and oxygen atoms in total. The van der Waals surface area contributed by atoms with Gasteiger partial charge in [0, 0.05) is 42.9 Å². The minimum absolute atomic E-state index is 0.0975. The Bertz CT molecular complexity index is 840. The molecule has 2 fully saturated rings. The highest BCUT2D eigenvalue weighted by molar-refractivity contribution is 8.24. The molecule has 1 spiro atoms.